The van der Waals surface area contributed by atoms with Crippen molar-refractivity contribution in [1.29, 1.82) is 0 Å². The summed E-state index contributed by atoms with van der Waals surface area (Å²) < 4.78 is 13.5. The molecule has 0 aliphatic carbocycles. The van der Waals surface area contributed by atoms with E-state index in [9.17, 15) is 9.18 Å². The first-order chi connectivity index (χ1) is 8.99. The van der Waals surface area contributed by atoms with Gasteiger partial charge in [-0.05, 0) is 30.5 Å². The number of rotatable bonds is 3. The van der Waals surface area contributed by atoms with Crippen molar-refractivity contribution in [3.63, 3.8) is 0 Å². The van der Waals surface area contributed by atoms with Gasteiger partial charge in [0.2, 0.25) is 0 Å². The Kier molecular flexibility index (Phi) is 3.85. The highest BCUT2D eigenvalue weighted by molar-refractivity contribution is 6.32. The van der Waals surface area contributed by atoms with Crippen molar-refractivity contribution >= 4 is 17.4 Å². The van der Waals surface area contributed by atoms with E-state index in [0.717, 1.165) is 5.56 Å². The molecule has 1 aromatic carbocycles. The monoisotopic (exact) mass is 281 g/mol. The summed E-state index contributed by atoms with van der Waals surface area (Å²) in [4.78, 5) is 17.6. The van der Waals surface area contributed by atoms with Crippen LogP contribution in [0.4, 0.5) is 10.2 Å². The zero-order valence-electron chi connectivity index (χ0n) is 10.6. The topological polar surface area (TPSA) is 57.8 Å². The summed E-state index contributed by atoms with van der Waals surface area (Å²) in [5.74, 6) is 0.112. The molecule has 6 heteroatoms. The Hall–Kier alpha value is -1.88. The molecule has 0 fully saturated rings. The molecule has 2 aromatic rings. The summed E-state index contributed by atoms with van der Waals surface area (Å²) in [6.07, 6.45) is 1.28. The Labute approximate surface area is 114 Å². The van der Waals surface area contributed by atoms with Gasteiger partial charge in [-0.3, -0.25) is 4.79 Å². The summed E-state index contributed by atoms with van der Waals surface area (Å²) in [5.41, 5.74) is 1.67. The van der Waals surface area contributed by atoms with Crippen LogP contribution in [0.15, 0.2) is 23.3 Å². The predicted octanol–water partition coefficient (Wildman–Crippen LogP) is 2.79. The second-order valence-corrected chi connectivity index (χ2v) is 4.67. The third kappa shape index (κ3) is 2.93. The van der Waals surface area contributed by atoms with E-state index in [1.807, 2.05) is 0 Å². The zero-order chi connectivity index (χ0) is 14.0. The van der Waals surface area contributed by atoms with E-state index < -0.39 is 5.56 Å². The number of nitrogens with zero attached hydrogens (tertiary/aromatic N) is 1. The van der Waals surface area contributed by atoms with Gasteiger partial charge in [-0.25, -0.2) is 9.37 Å². The Morgan fingerprint density at radius 2 is 2.00 bits per heavy atom. The van der Waals surface area contributed by atoms with Gasteiger partial charge in [0.25, 0.3) is 5.56 Å². The normalized spacial score (nSPS) is 10.5. The lowest BCUT2D eigenvalue weighted by atomic mass is 10.1. The fourth-order valence-electron chi connectivity index (χ4n) is 1.83. The SMILES string of the molecule is Cc1cc(CNc2nc[nH]c(=O)c2Cl)cc(C)c1F. The summed E-state index contributed by atoms with van der Waals surface area (Å²) in [6.45, 7) is 3.84. The molecule has 4 nitrogen and oxygen atoms in total. The molecule has 0 amide bonds. The smallest absolute Gasteiger partial charge is 0.271 e. The summed E-state index contributed by atoms with van der Waals surface area (Å²) in [6, 6.07) is 3.49. The van der Waals surface area contributed by atoms with Crippen LogP contribution in [0.25, 0.3) is 0 Å². The maximum Gasteiger partial charge on any atom is 0.271 e. The van der Waals surface area contributed by atoms with Gasteiger partial charge in [0.1, 0.15) is 10.8 Å². The first-order valence-electron chi connectivity index (χ1n) is 5.71. The third-order valence-electron chi connectivity index (χ3n) is 2.75. The minimum Gasteiger partial charge on any atom is -0.365 e. The van der Waals surface area contributed by atoms with E-state index in [1.165, 1.54) is 6.33 Å². The van der Waals surface area contributed by atoms with Crippen LogP contribution in [0.3, 0.4) is 0 Å². The molecule has 1 aromatic heterocycles. The summed E-state index contributed by atoms with van der Waals surface area (Å²) in [5, 5.41) is 2.97. The van der Waals surface area contributed by atoms with Crippen LogP contribution in [-0.2, 0) is 6.54 Å². The molecule has 0 aliphatic rings. The molecule has 100 valence electrons. The largest absolute Gasteiger partial charge is 0.365 e. The number of H-pyrrole nitrogens is 1. The van der Waals surface area contributed by atoms with Crippen LogP contribution in [-0.4, -0.2) is 9.97 Å². The van der Waals surface area contributed by atoms with Crippen molar-refractivity contribution in [3.8, 4) is 0 Å². The maximum atomic E-state index is 13.5. The van der Waals surface area contributed by atoms with Gasteiger partial charge in [0.05, 0.1) is 6.33 Å². The molecule has 19 heavy (non-hydrogen) atoms. The van der Waals surface area contributed by atoms with Gasteiger partial charge < -0.3 is 10.3 Å². The van der Waals surface area contributed by atoms with Crippen molar-refractivity contribution in [2.75, 3.05) is 5.32 Å². The Morgan fingerprint density at radius 3 is 2.63 bits per heavy atom. The van der Waals surface area contributed by atoms with Gasteiger partial charge in [-0.1, -0.05) is 23.7 Å². The van der Waals surface area contributed by atoms with Crippen LogP contribution >= 0.6 is 11.6 Å². The number of benzene rings is 1. The lowest BCUT2D eigenvalue weighted by molar-refractivity contribution is 0.608. The van der Waals surface area contributed by atoms with Gasteiger partial charge in [-0.15, -0.1) is 0 Å². The molecule has 0 aliphatic heterocycles. The lowest BCUT2D eigenvalue weighted by Crippen LogP contribution is -2.12. The first kappa shape index (κ1) is 13.5. The van der Waals surface area contributed by atoms with Crippen molar-refractivity contribution < 1.29 is 4.39 Å². The predicted molar refractivity (Wildman–Crippen MR) is 73.1 cm³/mol. The van der Waals surface area contributed by atoms with E-state index in [2.05, 4.69) is 15.3 Å². The number of aromatic nitrogens is 2. The molecular weight excluding hydrogens is 269 g/mol. The molecule has 0 unspecified atom stereocenters. The molecule has 2 N–H and O–H groups in total. The number of halogens is 2. The highest BCUT2D eigenvalue weighted by Gasteiger charge is 2.07. The van der Waals surface area contributed by atoms with Gasteiger partial charge >= 0.3 is 0 Å². The number of hydrogen-bond donors (Lipinski definition) is 2. The van der Waals surface area contributed by atoms with E-state index in [1.54, 1.807) is 26.0 Å². The molecule has 0 saturated heterocycles. The molecule has 1 heterocycles. The average molecular weight is 282 g/mol. The van der Waals surface area contributed by atoms with Gasteiger partial charge in [0.15, 0.2) is 5.82 Å². The fraction of sp³-hybridized carbons (Fsp3) is 0.231. The van der Waals surface area contributed by atoms with Crippen LogP contribution in [0.2, 0.25) is 5.02 Å². The number of anilines is 1. The molecule has 0 radical (unpaired) electrons. The summed E-state index contributed by atoms with van der Waals surface area (Å²) >= 11 is 5.82. The molecular formula is C13H13ClFN3O. The number of nitrogens with one attached hydrogen (secondary N) is 2. The van der Waals surface area contributed by atoms with Gasteiger partial charge in [0, 0.05) is 6.54 Å². The highest BCUT2D eigenvalue weighted by atomic mass is 35.5. The van der Waals surface area contributed by atoms with E-state index in [4.69, 9.17) is 11.6 Å². The molecule has 2 rings (SSSR count). The van der Waals surface area contributed by atoms with Crippen molar-refractivity contribution in [2.45, 2.75) is 20.4 Å². The van der Waals surface area contributed by atoms with Gasteiger partial charge in [-0.2, -0.15) is 0 Å². The minimum atomic E-state index is -0.398. The van der Waals surface area contributed by atoms with Crippen molar-refractivity contribution in [1.82, 2.24) is 9.97 Å². The standard InChI is InChI=1S/C13H13ClFN3O/c1-7-3-9(4-8(2)11(7)15)5-16-12-10(14)13(19)18-6-17-12/h3-4,6H,5H2,1-2H3,(H2,16,17,18,19). The van der Waals surface area contributed by atoms with Crippen LogP contribution in [0.1, 0.15) is 16.7 Å². The Morgan fingerprint density at radius 1 is 1.37 bits per heavy atom. The molecule has 0 saturated carbocycles. The highest BCUT2D eigenvalue weighted by Crippen LogP contribution is 2.17. The minimum absolute atomic E-state index is 0.0121. The second kappa shape index (κ2) is 5.40. The quantitative estimate of drug-likeness (QED) is 0.909. The molecule has 0 atom stereocenters. The number of hydrogen-bond acceptors (Lipinski definition) is 3. The fourth-order valence-corrected chi connectivity index (χ4v) is 2.00. The zero-order valence-corrected chi connectivity index (χ0v) is 11.3. The Balaban J connectivity index is 2.19. The van der Waals surface area contributed by atoms with Crippen LogP contribution in [0.5, 0.6) is 0 Å². The van der Waals surface area contributed by atoms with Crippen molar-refractivity contribution in [2.24, 2.45) is 0 Å². The number of aromatic amines is 1. The van der Waals surface area contributed by atoms with E-state index in [0.29, 0.717) is 23.5 Å². The lowest BCUT2D eigenvalue weighted by Gasteiger charge is -2.09. The Bertz CT molecular complexity index is 646. The third-order valence-corrected chi connectivity index (χ3v) is 3.10. The van der Waals surface area contributed by atoms with Crippen LogP contribution in [0, 0.1) is 19.7 Å². The summed E-state index contributed by atoms with van der Waals surface area (Å²) in [7, 11) is 0. The molecule has 0 bridgehead atoms. The van der Waals surface area contributed by atoms with Crippen LogP contribution < -0.4 is 10.9 Å². The number of aryl methyl sites for hydroxylation is 2. The van der Waals surface area contributed by atoms with Crippen molar-refractivity contribution in [3.05, 3.63) is 56.3 Å². The van der Waals surface area contributed by atoms with E-state index in [-0.39, 0.29) is 10.8 Å². The van der Waals surface area contributed by atoms with E-state index >= 15 is 0 Å². The second-order valence-electron chi connectivity index (χ2n) is 4.29. The molecule has 0 spiro atoms. The average Bonchev–Trinajstić information content (AvgIpc) is 2.37. The maximum absolute atomic E-state index is 13.5. The first-order valence-corrected chi connectivity index (χ1v) is 6.09.